The first-order valence-electron chi connectivity index (χ1n) is 7.39. The Balaban J connectivity index is 1.88. The zero-order chi connectivity index (χ0) is 15.8. The van der Waals surface area contributed by atoms with Crippen molar-refractivity contribution in [3.8, 4) is 11.5 Å². The van der Waals surface area contributed by atoms with Gasteiger partial charge in [0.2, 0.25) is 0 Å². The summed E-state index contributed by atoms with van der Waals surface area (Å²) in [7, 11) is 0. The van der Waals surface area contributed by atoms with Gasteiger partial charge in [0.15, 0.2) is 18.1 Å². The predicted octanol–water partition coefficient (Wildman–Crippen LogP) is 3.34. The third-order valence-electron chi connectivity index (χ3n) is 3.18. The van der Waals surface area contributed by atoms with Crippen molar-refractivity contribution in [2.24, 2.45) is 0 Å². The first-order chi connectivity index (χ1) is 10.7. The molecule has 0 aliphatic carbocycles. The van der Waals surface area contributed by atoms with Crippen molar-refractivity contribution in [3.05, 3.63) is 60.2 Å². The fraction of sp³-hybridized carbons (Fsp3) is 0.278. The molecule has 4 heteroatoms. The predicted molar refractivity (Wildman–Crippen MR) is 86.1 cm³/mol. The molecule has 0 bridgehead atoms. The van der Waals surface area contributed by atoms with Crippen LogP contribution in [0, 0.1) is 0 Å². The van der Waals surface area contributed by atoms with Gasteiger partial charge in [0.25, 0.3) is 5.91 Å². The minimum atomic E-state index is -0.164. The van der Waals surface area contributed by atoms with E-state index in [2.05, 4.69) is 5.32 Å². The summed E-state index contributed by atoms with van der Waals surface area (Å²) < 4.78 is 11.0. The minimum Gasteiger partial charge on any atom is -0.490 e. The van der Waals surface area contributed by atoms with E-state index in [1.807, 2.05) is 62.4 Å². The van der Waals surface area contributed by atoms with E-state index >= 15 is 0 Å². The van der Waals surface area contributed by atoms with Gasteiger partial charge in [-0.2, -0.15) is 0 Å². The van der Waals surface area contributed by atoms with Crippen LogP contribution in [0.4, 0.5) is 0 Å². The van der Waals surface area contributed by atoms with Crippen LogP contribution in [0.5, 0.6) is 11.5 Å². The number of ether oxygens (including phenoxy) is 2. The maximum Gasteiger partial charge on any atom is 0.258 e. The van der Waals surface area contributed by atoms with Crippen molar-refractivity contribution in [2.45, 2.75) is 19.9 Å². The molecule has 116 valence electrons. The molecule has 2 aromatic carbocycles. The topological polar surface area (TPSA) is 47.6 Å². The second-order valence-corrected chi connectivity index (χ2v) is 4.87. The smallest absolute Gasteiger partial charge is 0.258 e. The van der Waals surface area contributed by atoms with Crippen molar-refractivity contribution in [1.82, 2.24) is 5.32 Å². The first kappa shape index (κ1) is 15.9. The molecule has 1 N–H and O–H groups in total. The number of rotatable bonds is 7. The molecule has 22 heavy (non-hydrogen) atoms. The zero-order valence-corrected chi connectivity index (χ0v) is 12.9. The molecular weight excluding hydrogens is 278 g/mol. The number of amides is 1. The molecule has 1 atom stereocenters. The highest BCUT2D eigenvalue weighted by Crippen LogP contribution is 2.26. The van der Waals surface area contributed by atoms with E-state index < -0.39 is 0 Å². The normalized spacial score (nSPS) is 11.5. The molecule has 0 spiro atoms. The van der Waals surface area contributed by atoms with Gasteiger partial charge in [-0.1, -0.05) is 42.5 Å². The zero-order valence-electron chi connectivity index (χ0n) is 12.9. The Morgan fingerprint density at radius 2 is 1.59 bits per heavy atom. The van der Waals surface area contributed by atoms with Gasteiger partial charge in [-0.25, -0.2) is 0 Å². The van der Waals surface area contributed by atoms with Gasteiger partial charge in [0.05, 0.1) is 12.6 Å². The van der Waals surface area contributed by atoms with Gasteiger partial charge in [-0.05, 0) is 31.5 Å². The number of carbonyl (C=O) groups excluding carboxylic acids is 1. The molecule has 0 heterocycles. The summed E-state index contributed by atoms with van der Waals surface area (Å²) in [5.41, 5.74) is 1.06. The van der Waals surface area contributed by atoms with Gasteiger partial charge < -0.3 is 14.8 Å². The second-order valence-electron chi connectivity index (χ2n) is 4.87. The number of hydrogen-bond acceptors (Lipinski definition) is 3. The molecule has 0 saturated carbocycles. The molecule has 0 radical (unpaired) electrons. The lowest BCUT2D eigenvalue weighted by Gasteiger charge is -2.15. The van der Waals surface area contributed by atoms with Crippen LogP contribution in [-0.4, -0.2) is 19.1 Å². The maximum atomic E-state index is 12.0. The lowest BCUT2D eigenvalue weighted by molar-refractivity contribution is -0.123. The van der Waals surface area contributed by atoms with Crippen molar-refractivity contribution >= 4 is 5.91 Å². The van der Waals surface area contributed by atoms with Crippen LogP contribution in [0.2, 0.25) is 0 Å². The Morgan fingerprint density at radius 3 is 2.23 bits per heavy atom. The first-order valence-corrected chi connectivity index (χ1v) is 7.39. The van der Waals surface area contributed by atoms with Gasteiger partial charge >= 0.3 is 0 Å². The summed E-state index contributed by atoms with van der Waals surface area (Å²) in [6.45, 7) is 4.37. The average molecular weight is 299 g/mol. The summed E-state index contributed by atoms with van der Waals surface area (Å²) in [5, 5.41) is 2.91. The standard InChI is InChI=1S/C18H21NO3/c1-3-21-16-11-7-8-12-17(16)22-13-18(20)19-14(2)15-9-5-4-6-10-15/h4-12,14H,3,13H2,1-2H3,(H,19,20). The molecule has 0 aliphatic rings. The van der Waals surface area contributed by atoms with Crippen molar-refractivity contribution < 1.29 is 14.3 Å². The van der Waals surface area contributed by atoms with Crippen LogP contribution in [0.25, 0.3) is 0 Å². The third-order valence-corrected chi connectivity index (χ3v) is 3.18. The highest BCUT2D eigenvalue weighted by Gasteiger charge is 2.11. The molecular formula is C18H21NO3. The highest BCUT2D eigenvalue weighted by atomic mass is 16.5. The van der Waals surface area contributed by atoms with E-state index in [0.29, 0.717) is 18.1 Å². The quantitative estimate of drug-likeness (QED) is 0.853. The molecule has 1 amide bonds. The SMILES string of the molecule is CCOc1ccccc1OCC(=O)NC(C)c1ccccc1. The van der Waals surface area contributed by atoms with Gasteiger partial charge in [0, 0.05) is 0 Å². The number of carbonyl (C=O) groups is 1. The average Bonchev–Trinajstić information content (AvgIpc) is 2.55. The van der Waals surface area contributed by atoms with Gasteiger partial charge in [-0.3, -0.25) is 4.79 Å². The molecule has 2 rings (SSSR count). The Bertz CT molecular complexity index is 598. The number of benzene rings is 2. The van der Waals surface area contributed by atoms with Crippen molar-refractivity contribution in [2.75, 3.05) is 13.2 Å². The molecule has 2 aromatic rings. The Hall–Kier alpha value is -2.49. The Morgan fingerprint density at radius 1 is 1.00 bits per heavy atom. The monoisotopic (exact) mass is 299 g/mol. The number of para-hydroxylation sites is 2. The van der Waals surface area contributed by atoms with Crippen molar-refractivity contribution in [1.29, 1.82) is 0 Å². The molecule has 0 aliphatic heterocycles. The minimum absolute atomic E-state index is 0.0404. The van der Waals surface area contributed by atoms with Gasteiger partial charge in [-0.15, -0.1) is 0 Å². The lowest BCUT2D eigenvalue weighted by atomic mass is 10.1. The van der Waals surface area contributed by atoms with Crippen LogP contribution in [0.1, 0.15) is 25.5 Å². The summed E-state index contributed by atoms with van der Waals surface area (Å²) in [4.78, 5) is 12.0. The van der Waals surface area contributed by atoms with E-state index in [1.165, 1.54) is 0 Å². The fourth-order valence-electron chi connectivity index (χ4n) is 2.10. The summed E-state index contributed by atoms with van der Waals surface area (Å²) in [5.74, 6) is 1.06. The largest absolute Gasteiger partial charge is 0.490 e. The van der Waals surface area contributed by atoms with Crippen molar-refractivity contribution in [3.63, 3.8) is 0 Å². The highest BCUT2D eigenvalue weighted by molar-refractivity contribution is 5.78. The molecule has 4 nitrogen and oxygen atoms in total. The molecule has 0 aromatic heterocycles. The van der Waals surface area contributed by atoms with Crippen LogP contribution in [-0.2, 0) is 4.79 Å². The fourth-order valence-corrected chi connectivity index (χ4v) is 2.10. The summed E-state index contributed by atoms with van der Waals surface area (Å²) in [6.07, 6.45) is 0. The van der Waals surface area contributed by atoms with E-state index in [1.54, 1.807) is 6.07 Å². The van der Waals surface area contributed by atoms with Crippen LogP contribution >= 0.6 is 0 Å². The number of hydrogen-bond donors (Lipinski definition) is 1. The summed E-state index contributed by atoms with van der Waals surface area (Å²) in [6, 6.07) is 17.1. The Kier molecular flexibility index (Phi) is 5.83. The van der Waals surface area contributed by atoms with Gasteiger partial charge in [0.1, 0.15) is 0 Å². The van der Waals surface area contributed by atoms with Crippen LogP contribution < -0.4 is 14.8 Å². The third kappa shape index (κ3) is 4.52. The molecule has 1 unspecified atom stereocenters. The molecule has 0 fully saturated rings. The van der Waals surface area contributed by atoms with E-state index in [4.69, 9.17) is 9.47 Å². The number of nitrogens with one attached hydrogen (secondary N) is 1. The lowest BCUT2D eigenvalue weighted by Crippen LogP contribution is -2.31. The molecule has 0 saturated heterocycles. The van der Waals surface area contributed by atoms with E-state index in [0.717, 1.165) is 5.56 Å². The van der Waals surface area contributed by atoms with E-state index in [-0.39, 0.29) is 18.6 Å². The van der Waals surface area contributed by atoms with Crippen LogP contribution in [0.3, 0.4) is 0 Å². The maximum absolute atomic E-state index is 12.0. The van der Waals surface area contributed by atoms with Crippen LogP contribution in [0.15, 0.2) is 54.6 Å². The Labute approximate surface area is 131 Å². The summed E-state index contributed by atoms with van der Waals surface area (Å²) >= 11 is 0. The van der Waals surface area contributed by atoms with E-state index in [9.17, 15) is 4.79 Å². The second kappa shape index (κ2) is 8.08.